The van der Waals surface area contributed by atoms with E-state index in [1.165, 1.54) is 4.31 Å². The molecule has 1 saturated heterocycles. The molecule has 1 fully saturated rings. The Balaban J connectivity index is 2.57. The summed E-state index contributed by atoms with van der Waals surface area (Å²) in [6.07, 6.45) is -0.0289. The molecule has 122 valence electrons. The van der Waals surface area contributed by atoms with Gasteiger partial charge in [0.1, 0.15) is 18.1 Å². The van der Waals surface area contributed by atoms with Crippen molar-refractivity contribution in [2.24, 2.45) is 5.41 Å². The van der Waals surface area contributed by atoms with Crippen LogP contribution in [0, 0.1) is 12.3 Å². The van der Waals surface area contributed by atoms with Crippen LogP contribution < -0.4 is 0 Å². The van der Waals surface area contributed by atoms with E-state index in [4.69, 9.17) is 4.74 Å². The highest BCUT2D eigenvalue weighted by Crippen LogP contribution is 2.40. The SMILES string of the molecule is Cc1ccc(S(=O)(=O)N2[C@H](C(C)(C)C)OC[C@@]2(C)C=O)cc1. The van der Waals surface area contributed by atoms with Crippen LogP contribution in [0.5, 0.6) is 0 Å². The lowest BCUT2D eigenvalue weighted by molar-refractivity contribution is -0.114. The number of benzene rings is 1. The Bertz CT molecular complexity index is 660. The molecule has 0 amide bonds. The molecule has 2 rings (SSSR count). The van der Waals surface area contributed by atoms with Gasteiger partial charge < -0.3 is 9.53 Å². The van der Waals surface area contributed by atoms with Crippen LogP contribution in [0.1, 0.15) is 33.3 Å². The molecule has 2 atom stereocenters. The molecule has 22 heavy (non-hydrogen) atoms. The average molecular weight is 325 g/mol. The van der Waals surface area contributed by atoms with Crippen LogP contribution in [-0.2, 0) is 19.6 Å². The highest BCUT2D eigenvalue weighted by Gasteiger charge is 2.54. The third-order valence-electron chi connectivity index (χ3n) is 3.82. The summed E-state index contributed by atoms with van der Waals surface area (Å²) in [5, 5.41) is 0. The third kappa shape index (κ3) is 2.83. The summed E-state index contributed by atoms with van der Waals surface area (Å²) < 4.78 is 33.0. The van der Waals surface area contributed by atoms with E-state index in [0.717, 1.165) is 5.56 Å². The smallest absolute Gasteiger partial charge is 0.246 e. The minimum atomic E-state index is -3.83. The van der Waals surface area contributed by atoms with Gasteiger partial charge in [0.2, 0.25) is 10.0 Å². The number of hydrogen-bond acceptors (Lipinski definition) is 4. The maximum absolute atomic E-state index is 13.1. The number of sulfonamides is 1. The zero-order valence-corrected chi connectivity index (χ0v) is 14.5. The van der Waals surface area contributed by atoms with Crippen molar-refractivity contribution in [3.05, 3.63) is 29.8 Å². The molecule has 0 saturated carbocycles. The lowest BCUT2D eigenvalue weighted by Crippen LogP contribution is -2.54. The number of rotatable bonds is 3. The van der Waals surface area contributed by atoms with Crippen LogP contribution in [0.2, 0.25) is 0 Å². The van der Waals surface area contributed by atoms with Crippen molar-refractivity contribution >= 4 is 16.3 Å². The van der Waals surface area contributed by atoms with E-state index in [0.29, 0.717) is 6.29 Å². The highest BCUT2D eigenvalue weighted by atomic mass is 32.2. The Morgan fingerprint density at radius 2 is 1.82 bits per heavy atom. The average Bonchev–Trinajstić information content (AvgIpc) is 2.78. The quantitative estimate of drug-likeness (QED) is 0.800. The second-order valence-electron chi connectivity index (χ2n) is 7.12. The normalized spacial score (nSPS) is 27.0. The summed E-state index contributed by atoms with van der Waals surface area (Å²) >= 11 is 0. The van der Waals surface area contributed by atoms with Gasteiger partial charge in [-0.3, -0.25) is 0 Å². The second kappa shape index (κ2) is 5.44. The fourth-order valence-electron chi connectivity index (χ4n) is 2.56. The minimum absolute atomic E-state index is 0.0591. The molecule has 0 radical (unpaired) electrons. The molecule has 0 spiro atoms. The topological polar surface area (TPSA) is 63.7 Å². The van der Waals surface area contributed by atoms with Crippen molar-refractivity contribution in [2.75, 3.05) is 6.61 Å². The number of carbonyl (C=O) groups is 1. The third-order valence-corrected chi connectivity index (χ3v) is 5.82. The molecule has 6 heteroatoms. The Labute approximate surface area is 132 Å². The van der Waals surface area contributed by atoms with Gasteiger partial charge in [-0.1, -0.05) is 38.5 Å². The highest BCUT2D eigenvalue weighted by molar-refractivity contribution is 7.89. The van der Waals surface area contributed by atoms with Crippen molar-refractivity contribution in [1.82, 2.24) is 4.31 Å². The van der Waals surface area contributed by atoms with Gasteiger partial charge in [0.15, 0.2) is 0 Å². The zero-order valence-electron chi connectivity index (χ0n) is 13.7. The first-order valence-corrected chi connectivity index (χ1v) is 8.65. The van der Waals surface area contributed by atoms with E-state index >= 15 is 0 Å². The summed E-state index contributed by atoms with van der Waals surface area (Å²) in [4.78, 5) is 11.7. The fraction of sp³-hybridized carbons (Fsp3) is 0.562. The van der Waals surface area contributed by atoms with Gasteiger partial charge in [-0.15, -0.1) is 0 Å². The molecular weight excluding hydrogens is 302 g/mol. The van der Waals surface area contributed by atoms with Crippen molar-refractivity contribution < 1.29 is 17.9 Å². The summed E-state index contributed by atoms with van der Waals surface area (Å²) in [6, 6.07) is 6.62. The number of ether oxygens (including phenoxy) is 1. The Morgan fingerprint density at radius 3 is 2.27 bits per heavy atom. The monoisotopic (exact) mass is 325 g/mol. The van der Waals surface area contributed by atoms with Crippen molar-refractivity contribution in [1.29, 1.82) is 0 Å². The predicted molar refractivity (Wildman–Crippen MR) is 83.9 cm³/mol. The first kappa shape index (κ1) is 17.1. The van der Waals surface area contributed by atoms with E-state index < -0.39 is 27.2 Å². The van der Waals surface area contributed by atoms with Gasteiger partial charge in [0, 0.05) is 5.41 Å². The van der Waals surface area contributed by atoms with Gasteiger partial charge in [-0.25, -0.2) is 8.42 Å². The first-order chi connectivity index (χ1) is 10.0. The van der Waals surface area contributed by atoms with Crippen LogP contribution >= 0.6 is 0 Å². The minimum Gasteiger partial charge on any atom is -0.359 e. The van der Waals surface area contributed by atoms with Crippen LogP contribution in [0.25, 0.3) is 0 Å². The predicted octanol–water partition coefficient (Wildman–Crippen LogP) is 2.35. The van der Waals surface area contributed by atoms with E-state index in [2.05, 4.69) is 0 Å². The second-order valence-corrected chi connectivity index (χ2v) is 8.93. The Kier molecular flexibility index (Phi) is 4.23. The van der Waals surface area contributed by atoms with E-state index in [9.17, 15) is 13.2 Å². The summed E-state index contributed by atoms with van der Waals surface area (Å²) in [7, 11) is -3.83. The maximum Gasteiger partial charge on any atom is 0.246 e. The van der Waals surface area contributed by atoms with Gasteiger partial charge in [-0.05, 0) is 26.0 Å². The molecule has 1 aliphatic heterocycles. The standard InChI is InChI=1S/C16H23NO4S/c1-12-6-8-13(9-7-12)22(19,20)17-14(15(2,3)4)21-11-16(17,5)10-18/h6-10,14H,11H2,1-5H3/t14-,16+/m0/s1. The van der Waals surface area contributed by atoms with Gasteiger partial charge >= 0.3 is 0 Å². The molecule has 1 heterocycles. The van der Waals surface area contributed by atoms with Gasteiger partial charge in [0.25, 0.3) is 0 Å². The first-order valence-electron chi connectivity index (χ1n) is 7.21. The van der Waals surface area contributed by atoms with E-state index in [1.54, 1.807) is 31.2 Å². The lowest BCUT2D eigenvalue weighted by atomic mass is 9.93. The number of aryl methyl sites for hydroxylation is 1. The molecular formula is C16H23NO4S. The molecule has 0 unspecified atom stereocenters. The fourth-order valence-corrected chi connectivity index (χ4v) is 4.54. The van der Waals surface area contributed by atoms with Crippen molar-refractivity contribution in [2.45, 2.75) is 51.3 Å². The van der Waals surface area contributed by atoms with E-state index in [-0.39, 0.29) is 11.5 Å². The van der Waals surface area contributed by atoms with Gasteiger partial charge in [0.05, 0.1) is 11.5 Å². The molecule has 5 nitrogen and oxygen atoms in total. The lowest BCUT2D eigenvalue weighted by Gasteiger charge is -2.37. The van der Waals surface area contributed by atoms with Crippen molar-refractivity contribution in [3.8, 4) is 0 Å². The number of hydrogen-bond donors (Lipinski definition) is 0. The van der Waals surface area contributed by atoms with Gasteiger partial charge in [-0.2, -0.15) is 4.31 Å². The molecule has 0 aromatic heterocycles. The summed E-state index contributed by atoms with van der Waals surface area (Å²) in [5.41, 5.74) is -0.664. The molecule has 1 aliphatic rings. The van der Waals surface area contributed by atoms with Crippen LogP contribution in [0.3, 0.4) is 0 Å². The largest absolute Gasteiger partial charge is 0.359 e. The Morgan fingerprint density at radius 1 is 1.27 bits per heavy atom. The summed E-state index contributed by atoms with van der Waals surface area (Å²) in [6.45, 7) is 9.23. The molecule has 0 aliphatic carbocycles. The van der Waals surface area contributed by atoms with Crippen LogP contribution in [-0.4, -0.2) is 37.4 Å². The van der Waals surface area contributed by atoms with E-state index in [1.807, 2.05) is 27.7 Å². The van der Waals surface area contributed by atoms with Crippen LogP contribution in [0.15, 0.2) is 29.2 Å². The molecule has 0 bridgehead atoms. The summed E-state index contributed by atoms with van der Waals surface area (Å²) in [5.74, 6) is 0. The number of nitrogens with zero attached hydrogens (tertiary/aromatic N) is 1. The molecule has 1 aromatic rings. The number of aldehydes is 1. The Hall–Kier alpha value is -1.24. The molecule has 0 N–H and O–H groups in total. The zero-order chi connectivity index (χ0) is 16.8. The van der Waals surface area contributed by atoms with Crippen molar-refractivity contribution in [3.63, 3.8) is 0 Å². The number of carbonyl (C=O) groups excluding carboxylic acids is 1. The van der Waals surface area contributed by atoms with Crippen LogP contribution in [0.4, 0.5) is 0 Å². The molecule has 1 aromatic carbocycles. The maximum atomic E-state index is 13.1.